The molecule has 0 radical (unpaired) electrons. The van der Waals surface area contributed by atoms with Gasteiger partial charge in [-0.3, -0.25) is 4.79 Å². The lowest BCUT2D eigenvalue weighted by molar-refractivity contribution is -0.173. The summed E-state index contributed by atoms with van der Waals surface area (Å²) in [6, 6.07) is 5.51. The number of benzene rings is 1. The molecule has 39 heavy (non-hydrogen) atoms. The highest BCUT2D eigenvalue weighted by molar-refractivity contribution is 7.16. The zero-order chi connectivity index (χ0) is 28.3. The third-order valence-corrected chi connectivity index (χ3v) is 9.51. The molecule has 0 saturated carbocycles. The molecule has 2 N–H and O–H groups in total. The Kier molecular flexibility index (Phi) is 7.15. The number of rotatable bonds is 3. The second-order valence-corrected chi connectivity index (χ2v) is 13.0. The van der Waals surface area contributed by atoms with Crippen LogP contribution in [-0.2, 0) is 12.8 Å². The fourth-order valence-corrected chi connectivity index (χ4v) is 6.91. The van der Waals surface area contributed by atoms with E-state index in [2.05, 4.69) is 42.6 Å². The standard InChI is InChI=1S/C27H26Cl2F3N5OS/c1-26(2,3)14-5-6-15-16(12-33)25(39-21(15)9-14)35-24(38)20-11-23-34-19(13-4-7-17(28)18(29)8-13)10-22(27(30,31)32)37(23)36-20/h4,7-8,11,14,19,22,34H,5-6,9-10H2,1-3H3,(H,35,38)/t14-,19-,22+/m1/s1. The molecule has 1 aromatic carbocycles. The van der Waals surface area contributed by atoms with Crippen molar-refractivity contribution in [3.63, 3.8) is 0 Å². The summed E-state index contributed by atoms with van der Waals surface area (Å²) in [6.07, 6.45) is -2.43. The van der Waals surface area contributed by atoms with Gasteiger partial charge in [-0.05, 0) is 53.9 Å². The van der Waals surface area contributed by atoms with E-state index in [0.29, 0.717) is 27.1 Å². The average Bonchev–Trinajstić information content (AvgIpc) is 3.44. The molecule has 206 valence electrons. The number of fused-ring (bicyclic) bond motifs is 2. The van der Waals surface area contributed by atoms with Crippen LogP contribution < -0.4 is 10.6 Å². The van der Waals surface area contributed by atoms with Crippen LogP contribution in [0.25, 0.3) is 0 Å². The maximum Gasteiger partial charge on any atom is 0.410 e. The number of carbonyl (C=O) groups excluding carboxylic acids is 1. The molecule has 12 heteroatoms. The molecule has 6 nitrogen and oxygen atoms in total. The Hall–Kier alpha value is -2.74. The van der Waals surface area contributed by atoms with E-state index in [1.807, 2.05) is 0 Å². The number of hydrogen-bond donors (Lipinski definition) is 2. The average molecular weight is 597 g/mol. The molecular weight excluding hydrogens is 570 g/mol. The molecule has 1 aliphatic heterocycles. The molecule has 0 saturated heterocycles. The van der Waals surface area contributed by atoms with Crippen molar-refractivity contribution in [2.24, 2.45) is 11.3 Å². The Morgan fingerprint density at radius 3 is 2.62 bits per heavy atom. The molecule has 3 atom stereocenters. The third-order valence-electron chi connectivity index (χ3n) is 7.60. The summed E-state index contributed by atoms with van der Waals surface area (Å²) in [5, 5.41) is 20.6. The minimum Gasteiger partial charge on any atom is -0.363 e. The number of aromatic nitrogens is 2. The zero-order valence-electron chi connectivity index (χ0n) is 21.4. The van der Waals surface area contributed by atoms with Gasteiger partial charge in [0, 0.05) is 17.4 Å². The summed E-state index contributed by atoms with van der Waals surface area (Å²) in [5.41, 5.74) is 1.85. The molecule has 2 aromatic heterocycles. The van der Waals surface area contributed by atoms with Crippen molar-refractivity contribution in [2.45, 2.75) is 64.7 Å². The van der Waals surface area contributed by atoms with Crippen LogP contribution in [0.1, 0.15) is 77.8 Å². The van der Waals surface area contributed by atoms with Gasteiger partial charge in [-0.25, -0.2) is 4.68 Å². The van der Waals surface area contributed by atoms with Crippen molar-refractivity contribution in [1.82, 2.24) is 9.78 Å². The molecule has 5 rings (SSSR count). The van der Waals surface area contributed by atoms with Crippen molar-refractivity contribution >= 4 is 51.3 Å². The van der Waals surface area contributed by atoms with E-state index in [9.17, 15) is 23.2 Å². The molecule has 0 bridgehead atoms. The predicted octanol–water partition coefficient (Wildman–Crippen LogP) is 8.19. The minimum absolute atomic E-state index is 0.0591. The zero-order valence-corrected chi connectivity index (χ0v) is 23.7. The van der Waals surface area contributed by atoms with Gasteiger partial charge in [-0.1, -0.05) is 50.0 Å². The van der Waals surface area contributed by atoms with E-state index in [1.54, 1.807) is 6.07 Å². The quantitative estimate of drug-likeness (QED) is 0.320. The number of carbonyl (C=O) groups is 1. The van der Waals surface area contributed by atoms with E-state index in [4.69, 9.17) is 23.2 Å². The number of nitrogens with zero attached hydrogens (tertiary/aromatic N) is 3. The van der Waals surface area contributed by atoms with Crippen LogP contribution in [0.2, 0.25) is 10.0 Å². The SMILES string of the molecule is CC(C)(C)[C@@H]1CCc2c(sc(NC(=O)c3cc4n(n3)[C@H](C(F)(F)F)C[C@H](c3ccc(Cl)c(Cl)c3)N4)c2C#N)C1. The number of alkyl halides is 3. The van der Waals surface area contributed by atoms with Gasteiger partial charge in [0.2, 0.25) is 0 Å². The fraction of sp³-hybridized carbons (Fsp3) is 0.444. The maximum absolute atomic E-state index is 14.1. The molecule has 1 aliphatic carbocycles. The molecule has 0 spiro atoms. The van der Waals surface area contributed by atoms with Gasteiger partial charge >= 0.3 is 6.18 Å². The highest BCUT2D eigenvalue weighted by Gasteiger charge is 2.47. The molecule has 0 fully saturated rings. The number of anilines is 2. The van der Waals surface area contributed by atoms with E-state index in [0.717, 1.165) is 34.4 Å². The first-order chi connectivity index (χ1) is 18.3. The first kappa shape index (κ1) is 27.8. The van der Waals surface area contributed by atoms with Crippen LogP contribution in [0.3, 0.4) is 0 Å². The second-order valence-electron chi connectivity index (χ2n) is 11.1. The minimum atomic E-state index is -4.60. The molecule has 1 amide bonds. The van der Waals surface area contributed by atoms with Crippen LogP contribution in [0, 0.1) is 22.7 Å². The normalized spacial score (nSPS) is 20.9. The number of nitrogens with one attached hydrogen (secondary N) is 2. The summed E-state index contributed by atoms with van der Waals surface area (Å²) in [4.78, 5) is 14.3. The maximum atomic E-state index is 14.1. The molecule has 2 aliphatic rings. The lowest BCUT2D eigenvalue weighted by Gasteiger charge is -2.33. The highest BCUT2D eigenvalue weighted by Crippen LogP contribution is 2.46. The Morgan fingerprint density at radius 2 is 1.97 bits per heavy atom. The number of halogens is 5. The Labute approximate surface area is 238 Å². The van der Waals surface area contributed by atoms with Crippen molar-refractivity contribution in [2.75, 3.05) is 10.6 Å². The van der Waals surface area contributed by atoms with Crippen molar-refractivity contribution in [3.8, 4) is 6.07 Å². The van der Waals surface area contributed by atoms with Gasteiger partial charge in [0.25, 0.3) is 5.91 Å². The van der Waals surface area contributed by atoms with E-state index in [-0.39, 0.29) is 28.4 Å². The molecular formula is C27H26Cl2F3N5OS. The Morgan fingerprint density at radius 1 is 1.23 bits per heavy atom. The second kappa shape index (κ2) is 10.0. The number of amides is 1. The van der Waals surface area contributed by atoms with Gasteiger partial charge in [-0.15, -0.1) is 11.3 Å². The monoisotopic (exact) mass is 595 g/mol. The summed E-state index contributed by atoms with van der Waals surface area (Å²) in [6.45, 7) is 6.58. The lowest BCUT2D eigenvalue weighted by atomic mass is 9.72. The van der Waals surface area contributed by atoms with Gasteiger partial charge in [0.1, 0.15) is 16.9 Å². The summed E-state index contributed by atoms with van der Waals surface area (Å²) < 4.78 is 43.1. The molecule has 0 unspecified atom stereocenters. The van der Waals surface area contributed by atoms with Crippen LogP contribution in [0.4, 0.5) is 24.0 Å². The van der Waals surface area contributed by atoms with Gasteiger partial charge in [0.05, 0.1) is 21.7 Å². The first-order valence-electron chi connectivity index (χ1n) is 12.5. The lowest BCUT2D eigenvalue weighted by Crippen LogP contribution is -2.35. The summed E-state index contributed by atoms with van der Waals surface area (Å²) in [7, 11) is 0. The van der Waals surface area contributed by atoms with Crippen LogP contribution >= 0.6 is 34.5 Å². The van der Waals surface area contributed by atoms with Crippen LogP contribution in [0.5, 0.6) is 0 Å². The first-order valence-corrected chi connectivity index (χ1v) is 14.1. The Bertz CT molecular complexity index is 1480. The Balaban J connectivity index is 1.43. The van der Waals surface area contributed by atoms with Crippen LogP contribution in [0.15, 0.2) is 24.3 Å². The third kappa shape index (κ3) is 5.37. The molecule has 3 aromatic rings. The number of thiophene rings is 1. The van der Waals surface area contributed by atoms with Crippen molar-refractivity contribution < 1.29 is 18.0 Å². The molecule has 3 heterocycles. The topological polar surface area (TPSA) is 82.7 Å². The predicted molar refractivity (Wildman–Crippen MR) is 147 cm³/mol. The van der Waals surface area contributed by atoms with Crippen molar-refractivity contribution in [1.29, 1.82) is 5.26 Å². The van der Waals surface area contributed by atoms with Gasteiger partial charge in [0.15, 0.2) is 11.7 Å². The summed E-state index contributed by atoms with van der Waals surface area (Å²) >= 11 is 13.4. The van der Waals surface area contributed by atoms with Gasteiger partial charge in [-0.2, -0.15) is 23.5 Å². The van der Waals surface area contributed by atoms with E-state index in [1.165, 1.54) is 29.5 Å². The van der Waals surface area contributed by atoms with E-state index < -0.39 is 24.2 Å². The largest absolute Gasteiger partial charge is 0.410 e. The number of hydrogen-bond acceptors (Lipinski definition) is 5. The highest BCUT2D eigenvalue weighted by atomic mass is 35.5. The van der Waals surface area contributed by atoms with Crippen molar-refractivity contribution in [3.05, 3.63) is 61.6 Å². The van der Waals surface area contributed by atoms with E-state index >= 15 is 0 Å². The summed E-state index contributed by atoms with van der Waals surface area (Å²) in [5.74, 6) is -0.163. The smallest absolute Gasteiger partial charge is 0.363 e. The number of nitriles is 1. The van der Waals surface area contributed by atoms with Gasteiger partial charge < -0.3 is 10.6 Å². The fourth-order valence-electron chi connectivity index (χ4n) is 5.33. The van der Waals surface area contributed by atoms with Crippen LogP contribution in [-0.4, -0.2) is 21.9 Å².